The second-order valence-corrected chi connectivity index (χ2v) is 4.89. The molecule has 1 aromatic rings. The van der Waals surface area contributed by atoms with E-state index in [0.717, 1.165) is 31.2 Å². The molecular weight excluding hydrogens is 249 g/mol. The van der Waals surface area contributed by atoms with Crippen LogP contribution in [-0.4, -0.2) is 17.2 Å². The average molecular weight is 267 g/mol. The third kappa shape index (κ3) is 4.01. The standard InChI is InChI=1S/C14H18FNO3/c15-12-5-1-10(2-6-12)9-19-13-7-3-11(4-8-13)14(17)16-18/h1-2,5-6,11,13,18H,3-4,7-9H2,(H,16,17). The zero-order valence-corrected chi connectivity index (χ0v) is 10.6. The second-order valence-electron chi connectivity index (χ2n) is 4.89. The Morgan fingerprint density at radius 3 is 2.47 bits per heavy atom. The van der Waals surface area contributed by atoms with Crippen LogP contribution in [0.3, 0.4) is 0 Å². The van der Waals surface area contributed by atoms with Crippen molar-refractivity contribution in [2.45, 2.75) is 38.4 Å². The third-order valence-electron chi connectivity index (χ3n) is 3.55. The van der Waals surface area contributed by atoms with Gasteiger partial charge >= 0.3 is 0 Å². The van der Waals surface area contributed by atoms with Crippen molar-refractivity contribution in [3.63, 3.8) is 0 Å². The van der Waals surface area contributed by atoms with Gasteiger partial charge in [-0.2, -0.15) is 0 Å². The Morgan fingerprint density at radius 2 is 1.89 bits per heavy atom. The highest BCUT2D eigenvalue weighted by molar-refractivity contribution is 5.77. The maximum absolute atomic E-state index is 12.7. The molecule has 104 valence electrons. The molecule has 1 saturated carbocycles. The number of carbonyl (C=O) groups excluding carboxylic acids is 1. The van der Waals surface area contributed by atoms with Gasteiger partial charge < -0.3 is 4.74 Å². The van der Waals surface area contributed by atoms with Gasteiger partial charge in [0, 0.05) is 5.92 Å². The van der Waals surface area contributed by atoms with Gasteiger partial charge in [-0.3, -0.25) is 10.0 Å². The van der Waals surface area contributed by atoms with Gasteiger partial charge in [-0.15, -0.1) is 0 Å². The molecule has 0 spiro atoms. The fourth-order valence-electron chi connectivity index (χ4n) is 2.38. The van der Waals surface area contributed by atoms with Gasteiger partial charge in [-0.1, -0.05) is 12.1 Å². The van der Waals surface area contributed by atoms with E-state index in [1.54, 1.807) is 17.6 Å². The number of carbonyl (C=O) groups is 1. The molecule has 0 aliphatic heterocycles. The summed E-state index contributed by atoms with van der Waals surface area (Å²) in [6.45, 7) is 0.460. The first-order valence-corrected chi connectivity index (χ1v) is 6.49. The van der Waals surface area contributed by atoms with Gasteiger partial charge in [0.2, 0.25) is 5.91 Å². The summed E-state index contributed by atoms with van der Waals surface area (Å²) in [5.41, 5.74) is 2.64. The van der Waals surface area contributed by atoms with E-state index in [0.29, 0.717) is 6.61 Å². The number of hydrogen-bond donors (Lipinski definition) is 2. The Bertz CT molecular complexity index is 413. The van der Waals surface area contributed by atoms with E-state index in [9.17, 15) is 9.18 Å². The van der Waals surface area contributed by atoms with E-state index in [1.807, 2.05) is 0 Å². The molecule has 1 aliphatic rings. The molecule has 19 heavy (non-hydrogen) atoms. The molecule has 5 heteroatoms. The van der Waals surface area contributed by atoms with E-state index in [-0.39, 0.29) is 23.7 Å². The minimum Gasteiger partial charge on any atom is -0.374 e. The van der Waals surface area contributed by atoms with Crippen LogP contribution in [0.5, 0.6) is 0 Å². The van der Waals surface area contributed by atoms with Crippen molar-refractivity contribution in [2.24, 2.45) is 5.92 Å². The van der Waals surface area contributed by atoms with Gasteiger partial charge in [0.05, 0.1) is 12.7 Å². The van der Waals surface area contributed by atoms with Crippen molar-refractivity contribution in [2.75, 3.05) is 0 Å². The molecule has 0 atom stereocenters. The first kappa shape index (κ1) is 14.0. The largest absolute Gasteiger partial charge is 0.374 e. The number of hydroxylamine groups is 1. The van der Waals surface area contributed by atoms with Gasteiger partial charge in [0.25, 0.3) is 0 Å². The third-order valence-corrected chi connectivity index (χ3v) is 3.55. The quantitative estimate of drug-likeness (QED) is 0.650. The molecule has 2 rings (SSSR count). The molecule has 1 aliphatic carbocycles. The average Bonchev–Trinajstić information content (AvgIpc) is 2.46. The Kier molecular flexibility index (Phi) is 4.87. The number of hydrogen-bond acceptors (Lipinski definition) is 3. The lowest BCUT2D eigenvalue weighted by molar-refractivity contribution is -0.135. The van der Waals surface area contributed by atoms with Gasteiger partial charge in [0.15, 0.2) is 0 Å². The number of benzene rings is 1. The molecule has 1 aromatic carbocycles. The van der Waals surface area contributed by atoms with Crippen LogP contribution in [0.25, 0.3) is 0 Å². The van der Waals surface area contributed by atoms with Crippen molar-refractivity contribution in [1.82, 2.24) is 5.48 Å². The lowest BCUT2D eigenvalue weighted by Gasteiger charge is -2.27. The molecule has 1 fully saturated rings. The van der Waals surface area contributed by atoms with E-state index in [4.69, 9.17) is 9.94 Å². The van der Waals surface area contributed by atoms with E-state index in [2.05, 4.69) is 0 Å². The molecule has 0 radical (unpaired) electrons. The van der Waals surface area contributed by atoms with Crippen molar-refractivity contribution >= 4 is 5.91 Å². The molecule has 0 unspecified atom stereocenters. The second kappa shape index (κ2) is 6.63. The molecule has 0 aromatic heterocycles. The summed E-state index contributed by atoms with van der Waals surface area (Å²) in [6.07, 6.45) is 3.19. The number of nitrogens with one attached hydrogen (secondary N) is 1. The zero-order valence-electron chi connectivity index (χ0n) is 10.6. The Hall–Kier alpha value is -1.46. The smallest absolute Gasteiger partial charge is 0.246 e. The van der Waals surface area contributed by atoms with Gasteiger partial charge in [-0.05, 0) is 43.4 Å². The summed E-state index contributed by atoms with van der Waals surface area (Å²) in [6, 6.07) is 6.25. The lowest BCUT2D eigenvalue weighted by Crippen LogP contribution is -2.32. The monoisotopic (exact) mass is 267 g/mol. The minimum atomic E-state index is -0.308. The van der Waals surface area contributed by atoms with Crippen LogP contribution in [0.15, 0.2) is 24.3 Å². The number of ether oxygens (including phenoxy) is 1. The van der Waals surface area contributed by atoms with Crippen molar-refractivity contribution in [3.05, 3.63) is 35.6 Å². The Morgan fingerprint density at radius 1 is 1.26 bits per heavy atom. The summed E-state index contributed by atoms with van der Waals surface area (Å²) in [7, 11) is 0. The summed E-state index contributed by atoms with van der Waals surface area (Å²) in [5.74, 6) is -0.674. The highest BCUT2D eigenvalue weighted by Gasteiger charge is 2.26. The van der Waals surface area contributed by atoms with Crippen LogP contribution >= 0.6 is 0 Å². The summed E-state index contributed by atoms with van der Waals surface area (Å²) in [4.78, 5) is 11.2. The predicted molar refractivity (Wildman–Crippen MR) is 66.9 cm³/mol. The topological polar surface area (TPSA) is 58.6 Å². The molecule has 0 bridgehead atoms. The first-order chi connectivity index (χ1) is 9.19. The Balaban J connectivity index is 1.74. The maximum atomic E-state index is 12.7. The Labute approximate surface area is 111 Å². The molecule has 4 nitrogen and oxygen atoms in total. The van der Waals surface area contributed by atoms with Crippen LogP contribution < -0.4 is 5.48 Å². The van der Waals surface area contributed by atoms with Crippen molar-refractivity contribution in [3.8, 4) is 0 Å². The molecule has 2 N–H and O–H groups in total. The van der Waals surface area contributed by atoms with Crippen LogP contribution in [-0.2, 0) is 16.1 Å². The molecule has 1 amide bonds. The van der Waals surface area contributed by atoms with E-state index >= 15 is 0 Å². The number of halogens is 1. The highest BCUT2D eigenvalue weighted by atomic mass is 19.1. The number of rotatable bonds is 4. The summed E-state index contributed by atoms with van der Waals surface area (Å²) >= 11 is 0. The normalized spacial score (nSPS) is 23.1. The minimum absolute atomic E-state index is 0.115. The molecular formula is C14H18FNO3. The highest BCUT2D eigenvalue weighted by Crippen LogP contribution is 2.26. The lowest BCUT2D eigenvalue weighted by atomic mass is 9.87. The van der Waals surface area contributed by atoms with Crippen LogP contribution in [0.4, 0.5) is 4.39 Å². The predicted octanol–water partition coefficient (Wildman–Crippen LogP) is 2.41. The molecule has 0 saturated heterocycles. The SMILES string of the molecule is O=C(NO)C1CCC(OCc2ccc(F)cc2)CC1. The van der Waals surface area contributed by atoms with Gasteiger partial charge in [-0.25, -0.2) is 9.87 Å². The first-order valence-electron chi connectivity index (χ1n) is 6.49. The number of amides is 1. The van der Waals surface area contributed by atoms with Crippen molar-refractivity contribution < 1.29 is 19.1 Å². The fourth-order valence-corrected chi connectivity index (χ4v) is 2.38. The van der Waals surface area contributed by atoms with Crippen LogP contribution in [0.1, 0.15) is 31.2 Å². The summed E-state index contributed by atoms with van der Waals surface area (Å²) < 4.78 is 18.5. The van der Waals surface area contributed by atoms with E-state index < -0.39 is 0 Å². The fraction of sp³-hybridized carbons (Fsp3) is 0.500. The van der Waals surface area contributed by atoms with E-state index in [1.165, 1.54) is 12.1 Å². The zero-order chi connectivity index (χ0) is 13.7. The van der Waals surface area contributed by atoms with Crippen LogP contribution in [0.2, 0.25) is 0 Å². The maximum Gasteiger partial charge on any atom is 0.246 e. The van der Waals surface area contributed by atoms with Crippen molar-refractivity contribution in [1.29, 1.82) is 0 Å². The summed E-state index contributed by atoms with van der Waals surface area (Å²) in [5, 5.41) is 8.57. The van der Waals surface area contributed by atoms with Gasteiger partial charge in [0.1, 0.15) is 5.82 Å². The van der Waals surface area contributed by atoms with Crippen LogP contribution in [0, 0.1) is 11.7 Å². The molecule has 0 heterocycles.